The number of nitrogens with one attached hydrogen (secondary N) is 2. The van der Waals surface area contributed by atoms with Crippen LogP contribution in [-0.4, -0.2) is 66.1 Å². The summed E-state index contributed by atoms with van der Waals surface area (Å²) in [6.45, 7) is 3.39. The lowest BCUT2D eigenvalue weighted by atomic mass is 10.2. The molecule has 1 saturated carbocycles. The van der Waals surface area contributed by atoms with Crippen LogP contribution < -0.4 is 15.5 Å². The number of nitrogens with zero attached hydrogens (tertiary/aromatic N) is 4. The van der Waals surface area contributed by atoms with Crippen molar-refractivity contribution < 1.29 is 9.84 Å². The first-order valence-corrected chi connectivity index (χ1v) is 7.44. The van der Waals surface area contributed by atoms with Gasteiger partial charge in [-0.15, -0.1) is 0 Å². The molecule has 0 aromatic carbocycles. The first kappa shape index (κ1) is 14.3. The molecule has 0 spiro atoms. The van der Waals surface area contributed by atoms with Crippen LogP contribution in [0.4, 0.5) is 17.8 Å². The summed E-state index contributed by atoms with van der Waals surface area (Å²) in [4.78, 5) is 15.2. The Balaban J connectivity index is 1.69. The van der Waals surface area contributed by atoms with Crippen molar-refractivity contribution in [2.45, 2.75) is 18.9 Å². The zero-order chi connectivity index (χ0) is 14.7. The lowest BCUT2D eigenvalue weighted by molar-refractivity contribution is 0.122. The summed E-state index contributed by atoms with van der Waals surface area (Å²) in [6.07, 6.45) is 1.90. The van der Waals surface area contributed by atoms with Crippen LogP contribution in [0.25, 0.3) is 0 Å². The Hall–Kier alpha value is -1.67. The molecule has 1 aliphatic carbocycles. The summed E-state index contributed by atoms with van der Waals surface area (Å²) in [7, 11) is 1.78. The topological polar surface area (TPSA) is 95.4 Å². The van der Waals surface area contributed by atoms with E-state index in [0.717, 1.165) is 25.9 Å². The maximum atomic E-state index is 9.92. The summed E-state index contributed by atoms with van der Waals surface area (Å²) in [5.41, 5.74) is 0. The third kappa shape index (κ3) is 3.70. The van der Waals surface area contributed by atoms with Crippen molar-refractivity contribution in [3.05, 3.63) is 0 Å². The van der Waals surface area contributed by atoms with E-state index in [9.17, 15) is 5.11 Å². The lowest BCUT2D eigenvalue weighted by Crippen LogP contribution is -2.37. The molecule has 116 valence electrons. The molecule has 2 aliphatic rings. The van der Waals surface area contributed by atoms with Gasteiger partial charge >= 0.3 is 0 Å². The number of ether oxygens (including phenoxy) is 1. The first-order chi connectivity index (χ1) is 10.3. The minimum absolute atomic E-state index is 0.327. The van der Waals surface area contributed by atoms with E-state index in [2.05, 4.69) is 30.5 Å². The zero-order valence-electron chi connectivity index (χ0n) is 12.2. The second-order valence-corrected chi connectivity index (χ2v) is 5.42. The molecule has 3 N–H and O–H groups in total. The molecule has 1 saturated heterocycles. The quantitative estimate of drug-likeness (QED) is 0.671. The van der Waals surface area contributed by atoms with E-state index >= 15 is 0 Å². The highest BCUT2D eigenvalue weighted by Crippen LogP contribution is 2.32. The summed E-state index contributed by atoms with van der Waals surface area (Å²) in [5, 5.41) is 16.0. The van der Waals surface area contributed by atoms with E-state index in [-0.39, 0.29) is 6.10 Å². The van der Waals surface area contributed by atoms with Crippen molar-refractivity contribution in [2.75, 3.05) is 55.4 Å². The molecule has 1 unspecified atom stereocenters. The van der Waals surface area contributed by atoms with Crippen molar-refractivity contribution in [2.24, 2.45) is 5.92 Å². The molecule has 2 fully saturated rings. The highest BCUT2D eigenvalue weighted by Gasteiger charge is 2.29. The smallest absolute Gasteiger partial charge is 0.232 e. The Labute approximate surface area is 123 Å². The Kier molecular flexibility index (Phi) is 4.35. The van der Waals surface area contributed by atoms with E-state index < -0.39 is 0 Å². The van der Waals surface area contributed by atoms with Gasteiger partial charge in [-0.05, 0) is 18.8 Å². The Morgan fingerprint density at radius 1 is 1.24 bits per heavy atom. The molecule has 1 aromatic heterocycles. The second-order valence-electron chi connectivity index (χ2n) is 5.42. The maximum Gasteiger partial charge on any atom is 0.232 e. The maximum absolute atomic E-state index is 9.92. The average molecular weight is 294 g/mol. The van der Waals surface area contributed by atoms with E-state index in [1.54, 1.807) is 7.05 Å². The van der Waals surface area contributed by atoms with Crippen molar-refractivity contribution in [1.29, 1.82) is 0 Å². The van der Waals surface area contributed by atoms with Gasteiger partial charge in [0.25, 0.3) is 0 Å². The number of aromatic nitrogens is 3. The van der Waals surface area contributed by atoms with E-state index in [1.165, 1.54) is 0 Å². The van der Waals surface area contributed by atoms with E-state index in [0.29, 0.717) is 43.5 Å². The molecule has 0 radical (unpaired) electrons. The van der Waals surface area contributed by atoms with Crippen LogP contribution in [0.2, 0.25) is 0 Å². The fourth-order valence-electron chi connectivity index (χ4n) is 2.30. The summed E-state index contributed by atoms with van der Waals surface area (Å²) >= 11 is 0. The predicted octanol–water partition coefficient (Wildman–Crippen LogP) is -0.0673. The van der Waals surface area contributed by atoms with Crippen LogP contribution in [0.3, 0.4) is 0 Å². The monoisotopic (exact) mass is 294 g/mol. The van der Waals surface area contributed by atoms with Gasteiger partial charge in [0.05, 0.1) is 19.3 Å². The first-order valence-electron chi connectivity index (χ1n) is 7.44. The van der Waals surface area contributed by atoms with Gasteiger partial charge in [0.1, 0.15) is 0 Å². The zero-order valence-corrected chi connectivity index (χ0v) is 12.2. The number of hydrogen-bond donors (Lipinski definition) is 3. The summed E-state index contributed by atoms with van der Waals surface area (Å²) in [5.74, 6) is 2.09. The Bertz CT molecular complexity index is 476. The van der Waals surface area contributed by atoms with Crippen molar-refractivity contribution >= 4 is 17.8 Å². The number of aliphatic hydroxyl groups is 1. The van der Waals surface area contributed by atoms with Crippen LogP contribution >= 0.6 is 0 Å². The fourth-order valence-corrected chi connectivity index (χ4v) is 2.30. The Morgan fingerprint density at radius 2 is 1.95 bits per heavy atom. The van der Waals surface area contributed by atoms with Gasteiger partial charge in [-0.2, -0.15) is 15.0 Å². The van der Waals surface area contributed by atoms with Crippen molar-refractivity contribution in [3.8, 4) is 0 Å². The molecule has 2 heterocycles. The molecule has 0 amide bonds. The SMILES string of the molecule is CNc1nc(NCC(O)C2CC2)nc(N2CCOCC2)n1. The van der Waals surface area contributed by atoms with Crippen LogP contribution in [0.5, 0.6) is 0 Å². The molecule has 3 rings (SSSR count). The average Bonchev–Trinajstić information content (AvgIpc) is 3.38. The molecule has 8 heteroatoms. The number of rotatable bonds is 6. The third-order valence-corrected chi connectivity index (χ3v) is 3.78. The van der Waals surface area contributed by atoms with Crippen LogP contribution in [-0.2, 0) is 4.74 Å². The van der Waals surface area contributed by atoms with Gasteiger partial charge in [0.2, 0.25) is 17.8 Å². The molecule has 1 atom stereocenters. The van der Waals surface area contributed by atoms with Crippen LogP contribution in [0, 0.1) is 5.92 Å². The molecular weight excluding hydrogens is 272 g/mol. The molecular formula is C13H22N6O2. The van der Waals surface area contributed by atoms with Gasteiger partial charge in [-0.25, -0.2) is 0 Å². The van der Waals surface area contributed by atoms with Gasteiger partial charge in [-0.1, -0.05) is 0 Å². The molecule has 1 aromatic rings. The molecule has 21 heavy (non-hydrogen) atoms. The summed E-state index contributed by atoms with van der Waals surface area (Å²) < 4.78 is 5.34. The normalized spacial score (nSPS) is 20.2. The number of aliphatic hydroxyl groups excluding tert-OH is 1. The van der Waals surface area contributed by atoms with E-state index in [4.69, 9.17) is 4.74 Å². The highest BCUT2D eigenvalue weighted by molar-refractivity contribution is 5.43. The van der Waals surface area contributed by atoms with Crippen molar-refractivity contribution in [3.63, 3.8) is 0 Å². The fraction of sp³-hybridized carbons (Fsp3) is 0.769. The predicted molar refractivity (Wildman–Crippen MR) is 79.6 cm³/mol. The Morgan fingerprint density at radius 3 is 2.62 bits per heavy atom. The number of morpholine rings is 1. The van der Waals surface area contributed by atoms with Gasteiger partial charge in [-0.3, -0.25) is 0 Å². The molecule has 1 aliphatic heterocycles. The minimum Gasteiger partial charge on any atom is -0.391 e. The van der Waals surface area contributed by atoms with Crippen LogP contribution in [0.15, 0.2) is 0 Å². The summed E-state index contributed by atoms with van der Waals surface area (Å²) in [6, 6.07) is 0. The number of hydrogen-bond acceptors (Lipinski definition) is 8. The largest absolute Gasteiger partial charge is 0.391 e. The van der Waals surface area contributed by atoms with Crippen LogP contribution in [0.1, 0.15) is 12.8 Å². The minimum atomic E-state index is -0.327. The van der Waals surface area contributed by atoms with Gasteiger partial charge < -0.3 is 25.4 Å². The number of anilines is 3. The lowest BCUT2D eigenvalue weighted by Gasteiger charge is -2.27. The standard InChI is InChI=1S/C13H22N6O2/c1-14-11-16-12(15-8-10(20)9-2-3-9)18-13(17-11)19-4-6-21-7-5-19/h9-10,20H,2-8H2,1H3,(H2,14,15,16,17,18). The highest BCUT2D eigenvalue weighted by atomic mass is 16.5. The van der Waals surface area contributed by atoms with Gasteiger partial charge in [0, 0.05) is 26.7 Å². The second kappa shape index (κ2) is 6.40. The van der Waals surface area contributed by atoms with Gasteiger partial charge in [0.15, 0.2) is 0 Å². The third-order valence-electron chi connectivity index (χ3n) is 3.78. The molecule has 0 bridgehead atoms. The molecule has 8 nitrogen and oxygen atoms in total. The van der Waals surface area contributed by atoms with E-state index in [1.807, 2.05) is 0 Å². The van der Waals surface area contributed by atoms with Crippen molar-refractivity contribution in [1.82, 2.24) is 15.0 Å².